The molecule has 0 amide bonds. The highest BCUT2D eigenvalue weighted by atomic mass is 16.5. The quantitative estimate of drug-likeness (QED) is 0.582. The zero-order valence-corrected chi connectivity index (χ0v) is 14.2. The zero-order valence-electron chi connectivity index (χ0n) is 14.2. The normalized spacial score (nSPS) is 12.0. The number of unbranched alkanes of at least 4 members (excludes halogenated alkanes) is 2. The Kier molecular flexibility index (Phi) is 7.59. The monoisotopic (exact) mass is 329 g/mol. The van der Waals surface area contributed by atoms with Gasteiger partial charge in [0.15, 0.2) is 0 Å². The summed E-state index contributed by atoms with van der Waals surface area (Å²) in [6.45, 7) is 2.85. The van der Waals surface area contributed by atoms with Crippen LogP contribution in [0.2, 0.25) is 0 Å². The molecule has 0 heterocycles. The second-order valence-electron chi connectivity index (χ2n) is 5.85. The minimum absolute atomic E-state index is 0.266. The van der Waals surface area contributed by atoms with Crippen molar-refractivity contribution in [2.45, 2.75) is 32.3 Å². The van der Waals surface area contributed by atoms with Crippen molar-refractivity contribution in [2.24, 2.45) is 0 Å². The molecule has 0 aliphatic rings. The van der Waals surface area contributed by atoms with Gasteiger partial charge in [-0.15, -0.1) is 0 Å². The summed E-state index contributed by atoms with van der Waals surface area (Å²) in [5.41, 5.74) is 3.04. The van der Waals surface area contributed by atoms with Crippen LogP contribution in [0.15, 0.2) is 48.5 Å². The molecule has 0 bridgehead atoms. The van der Waals surface area contributed by atoms with E-state index in [1.165, 1.54) is 0 Å². The summed E-state index contributed by atoms with van der Waals surface area (Å²) < 4.78 is 5.89. The lowest BCUT2D eigenvalue weighted by molar-refractivity contribution is 0.105. The van der Waals surface area contributed by atoms with Crippen molar-refractivity contribution in [1.82, 2.24) is 0 Å². The Morgan fingerprint density at radius 2 is 1.83 bits per heavy atom. The van der Waals surface area contributed by atoms with Gasteiger partial charge in [-0.05, 0) is 29.7 Å². The Morgan fingerprint density at radius 3 is 2.54 bits per heavy atom. The molecule has 0 radical (unpaired) electrons. The summed E-state index contributed by atoms with van der Waals surface area (Å²) in [6.07, 6.45) is 2.53. The standard InChI is InChI=1S/C20H27NO3/c1-2-3-7-12-24-20-11-10-17(16-8-5-4-6-9-16)13-19(20)21-14-18(23)15-22/h4-6,8-11,13,18,21-23H,2-3,7,12,14-15H2,1H3. The molecule has 2 rings (SSSR count). The fraction of sp³-hybridized carbons (Fsp3) is 0.400. The topological polar surface area (TPSA) is 61.7 Å². The molecule has 4 heteroatoms. The van der Waals surface area contributed by atoms with Crippen LogP contribution in [0.3, 0.4) is 0 Å². The SMILES string of the molecule is CCCCCOc1ccc(-c2ccccc2)cc1NCC(O)CO. The smallest absolute Gasteiger partial charge is 0.142 e. The Morgan fingerprint density at radius 1 is 1.04 bits per heavy atom. The average molecular weight is 329 g/mol. The maximum atomic E-state index is 9.59. The van der Waals surface area contributed by atoms with Crippen molar-refractivity contribution < 1.29 is 14.9 Å². The zero-order chi connectivity index (χ0) is 17.2. The van der Waals surface area contributed by atoms with Crippen molar-refractivity contribution in [1.29, 1.82) is 0 Å². The first-order valence-corrected chi connectivity index (χ1v) is 8.59. The summed E-state index contributed by atoms with van der Waals surface area (Å²) >= 11 is 0. The van der Waals surface area contributed by atoms with E-state index in [1.807, 2.05) is 36.4 Å². The highest BCUT2D eigenvalue weighted by molar-refractivity contribution is 5.72. The van der Waals surface area contributed by atoms with Crippen molar-refractivity contribution in [3.63, 3.8) is 0 Å². The number of aliphatic hydroxyl groups excluding tert-OH is 2. The first kappa shape index (κ1) is 18.3. The van der Waals surface area contributed by atoms with Crippen LogP contribution in [0.5, 0.6) is 5.75 Å². The van der Waals surface area contributed by atoms with Gasteiger partial charge in [0, 0.05) is 6.54 Å². The van der Waals surface area contributed by atoms with E-state index in [4.69, 9.17) is 9.84 Å². The lowest BCUT2D eigenvalue weighted by Crippen LogP contribution is -2.23. The third-order valence-electron chi connectivity index (χ3n) is 3.83. The van der Waals surface area contributed by atoms with Crippen LogP contribution in [0.4, 0.5) is 5.69 Å². The van der Waals surface area contributed by atoms with E-state index in [9.17, 15) is 5.11 Å². The summed E-state index contributed by atoms with van der Waals surface area (Å²) in [5, 5.41) is 21.8. The molecule has 0 spiro atoms. The van der Waals surface area contributed by atoms with E-state index in [0.29, 0.717) is 6.61 Å². The first-order valence-electron chi connectivity index (χ1n) is 8.59. The highest BCUT2D eigenvalue weighted by Crippen LogP contribution is 2.31. The van der Waals surface area contributed by atoms with E-state index < -0.39 is 6.10 Å². The van der Waals surface area contributed by atoms with Crippen molar-refractivity contribution in [3.8, 4) is 16.9 Å². The molecule has 2 aromatic carbocycles. The number of nitrogens with one attached hydrogen (secondary N) is 1. The third-order valence-corrected chi connectivity index (χ3v) is 3.83. The first-order chi connectivity index (χ1) is 11.7. The number of rotatable bonds is 10. The van der Waals surface area contributed by atoms with Crippen molar-refractivity contribution in [2.75, 3.05) is 25.1 Å². The molecule has 4 nitrogen and oxygen atoms in total. The molecule has 130 valence electrons. The summed E-state index contributed by atoms with van der Waals surface area (Å²) in [5.74, 6) is 0.774. The second kappa shape index (κ2) is 9.96. The van der Waals surface area contributed by atoms with Crippen LogP contribution in [0.25, 0.3) is 11.1 Å². The van der Waals surface area contributed by atoms with Gasteiger partial charge in [-0.3, -0.25) is 0 Å². The van der Waals surface area contributed by atoms with E-state index in [0.717, 1.165) is 41.8 Å². The highest BCUT2D eigenvalue weighted by Gasteiger charge is 2.09. The minimum Gasteiger partial charge on any atom is -0.491 e. The molecule has 1 atom stereocenters. The lowest BCUT2D eigenvalue weighted by Gasteiger charge is -2.16. The average Bonchev–Trinajstić information content (AvgIpc) is 2.64. The summed E-state index contributed by atoms with van der Waals surface area (Å²) in [4.78, 5) is 0. The maximum absolute atomic E-state index is 9.59. The Balaban J connectivity index is 2.15. The van der Waals surface area contributed by atoms with E-state index in [1.54, 1.807) is 0 Å². The summed E-state index contributed by atoms with van der Waals surface area (Å²) in [7, 11) is 0. The number of hydrogen-bond donors (Lipinski definition) is 3. The molecule has 3 N–H and O–H groups in total. The minimum atomic E-state index is -0.793. The van der Waals surface area contributed by atoms with Crippen LogP contribution in [-0.2, 0) is 0 Å². The number of anilines is 1. The van der Waals surface area contributed by atoms with Gasteiger partial charge in [0.05, 0.1) is 25.0 Å². The number of ether oxygens (including phenoxy) is 1. The van der Waals surface area contributed by atoms with Gasteiger partial charge in [0.1, 0.15) is 5.75 Å². The van der Waals surface area contributed by atoms with Gasteiger partial charge >= 0.3 is 0 Å². The van der Waals surface area contributed by atoms with Gasteiger partial charge in [0.25, 0.3) is 0 Å². The van der Waals surface area contributed by atoms with Crippen LogP contribution in [-0.4, -0.2) is 36.1 Å². The molecule has 0 saturated heterocycles. The maximum Gasteiger partial charge on any atom is 0.142 e. The Hall–Kier alpha value is -2.04. The van der Waals surface area contributed by atoms with Gasteiger partial charge in [0.2, 0.25) is 0 Å². The van der Waals surface area contributed by atoms with E-state index in [2.05, 4.69) is 24.4 Å². The van der Waals surface area contributed by atoms with Crippen molar-refractivity contribution in [3.05, 3.63) is 48.5 Å². The summed E-state index contributed by atoms with van der Waals surface area (Å²) in [6, 6.07) is 16.1. The van der Waals surface area contributed by atoms with Crippen LogP contribution in [0, 0.1) is 0 Å². The van der Waals surface area contributed by atoms with Gasteiger partial charge in [-0.25, -0.2) is 0 Å². The molecule has 2 aromatic rings. The van der Waals surface area contributed by atoms with Crippen LogP contribution < -0.4 is 10.1 Å². The molecule has 0 aromatic heterocycles. The molecule has 1 unspecified atom stereocenters. The molecule has 0 fully saturated rings. The van der Waals surface area contributed by atoms with Crippen LogP contribution in [0.1, 0.15) is 26.2 Å². The van der Waals surface area contributed by atoms with Gasteiger partial charge in [-0.2, -0.15) is 0 Å². The largest absolute Gasteiger partial charge is 0.491 e. The van der Waals surface area contributed by atoms with Crippen molar-refractivity contribution >= 4 is 5.69 Å². The predicted octanol–water partition coefficient (Wildman–Crippen LogP) is 3.69. The van der Waals surface area contributed by atoms with E-state index in [-0.39, 0.29) is 13.2 Å². The Bertz CT molecular complexity index is 601. The molecule has 24 heavy (non-hydrogen) atoms. The molecular formula is C20H27NO3. The fourth-order valence-corrected chi connectivity index (χ4v) is 2.43. The second-order valence-corrected chi connectivity index (χ2v) is 5.85. The number of hydrogen-bond acceptors (Lipinski definition) is 4. The molecule has 0 saturated carbocycles. The van der Waals surface area contributed by atoms with Crippen LogP contribution >= 0.6 is 0 Å². The van der Waals surface area contributed by atoms with Gasteiger partial charge < -0.3 is 20.3 Å². The molecular weight excluding hydrogens is 302 g/mol. The number of aliphatic hydroxyl groups is 2. The number of benzene rings is 2. The molecule has 0 aliphatic heterocycles. The fourth-order valence-electron chi connectivity index (χ4n) is 2.43. The predicted molar refractivity (Wildman–Crippen MR) is 98.5 cm³/mol. The van der Waals surface area contributed by atoms with Gasteiger partial charge in [-0.1, -0.05) is 56.2 Å². The molecule has 0 aliphatic carbocycles. The van der Waals surface area contributed by atoms with E-state index >= 15 is 0 Å². The Labute approximate surface area is 144 Å². The lowest BCUT2D eigenvalue weighted by atomic mass is 10.0. The third kappa shape index (κ3) is 5.55.